The number of hydrogen-bond acceptors (Lipinski definition) is 5. The van der Waals surface area contributed by atoms with E-state index in [1.165, 1.54) is 6.07 Å². The second-order valence-electron chi connectivity index (χ2n) is 7.52. The molecule has 10 heteroatoms. The van der Waals surface area contributed by atoms with Gasteiger partial charge in [0, 0.05) is 38.4 Å². The molecule has 3 rings (SSSR count). The van der Waals surface area contributed by atoms with Gasteiger partial charge < -0.3 is 10.2 Å². The maximum atomic E-state index is 12.7. The van der Waals surface area contributed by atoms with Gasteiger partial charge in [0.15, 0.2) is 0 Å². The molecule has 1 saturated carbocycles. The maximum Gasteiger partial charge on any atom is 0.417 e. The van der Waals surface area contributed by atoms with E-state index in [1.54, 1.807) is 0 Å². The number of pyridine rings is 1. The monoisotopic (exact) mass is 413 g/mol. The molecule has 1 aliphatic carbocycles. The minimum Gasteiger partial charge on any atom is -0.355 e. The summed E-state index contributed by atoms with van der Waals surface area (Å²) in [4.78, 5) is 31.8. The summed E-state index contributed by atoms with van der Waals surface area (Å²) < 4.78 is 38.0. The number of carbonyl (C=O) groups excluding carboxylic acids is 2. The van der Waals surface area contributed by atoms with Gasteiger partial charge in [-0.25, -0.2) is 9.78 Å². The number of amides is 3. The minimum absolute atomic E-state index is 0.104. The fraction of sp³-hybridized carbons (Fsp3) is 0.632. The van der Waals surface area contributed by atoms with Gasteiger partial charge in [-0.1, -0.05) is 12.8 Å². The molecule has 2 fully saturated rings. The second kappa shape index (κ2) is 9.43. The SMILES string of the molecule is O=C(CN1CCCN(c2ccc(C(F)(F)F)cn2)CC1)NC(=O)NC1CCCC1. The molecule has 0 radical (unpaired) electrons. The Bertz CT molecular complexity index is 705. The van der Waals surface area contributed by atoms with Crippen molar-refractivity contribution in [2.75, 3.05) is 37.6 Å². The van der Waals surface area contributed by atoms with E-state index in [0.29, 0.717) is 32.0 Å². The Hall–Kier alpha value is -2.36. The fourth-order valence-corrected chi connectivity index (χ4v) is 3.76. The Labute approximate surface area is 167 Å². The summed E-state index contributed by atoms with van der Waals surface area (Å²) in [5, 5.41) is 5.19. The van der Waals surface area contributed by atoms with E-state index in [2.05, 4.69) is 15.6 Å². The lowest BCUT2D eigenvalue weighted by Crippen LogP contribution is -2.47. The lowest BCUT2D eigenvalue weighted by molar-refractivity contribution is -0.137. The highest BCUT2D eigenvalue weighted by molar-refractivity contribution is 5.95. The van der Waals surface area contributed by atoms with Crippen molar-refractivity contribution in [3.05, 3.63) is 23.9 Å². The summed E-state index contributed by atoms with van der Waals surface area (Å²) >= 11 is 0. The molecule has 0 spiro atoms. The summed E-state index contributed by atoms with van der Waals surface area (Å²) in [7, 11) is 0. The van der Waals surface area contributed by atoms with Crippen molar-refractivity contribution in [2.45, 2.75) is 44.3 Å². The molecule has 1 aromatic heterocycles. The molecule has 2 aliphatic rings. The fourth-order valence-electron chi connectivity index (χ4n) is 3.76. The molecule has 1 aromatic rings. The maximum absolute atomic E-state index is 12.7. The molecule has 1 saturated heterocycles. The number of alkyl halides is 3. The summed E-state index contributed by atoms with van der Waals surface area (Å²) in [6.45, 7) is 2.50. The van der Waals surface area contributed by atoms with Crippen LogP contribution in [0.25, 0.3) is 0 Å². The van der Waals surface area contributed by atoms with Crippen molar-refractivity contribution in [3.8, 4) is 0 Å². The predicted molar refractivity (Wildman–Crippen MR) is 101 cm³/mol. The zero-order valence-electron chi connectivity index (χ0n) is 16.2. The highest BCUT2D eigenvalue weighted by Crippen LogP contribution is 2.29. The molecule has 1 aliphatic heterocycles. The quantitative estimate of drug-likeness (QED) is 0.793. The molecule has 2 heterocycles. The number of aromatic nitrogens is 1. The van der Waals surface area contributed by atoms with Gasteiger partial charge in [-0.15, -0.1) is 0 Å². The highest BCUT2D eigenvalue weighted by atomic mass is 19.4. The topological polar surface area (TPSA) is 77.6 Å². The van der Waals surface area contributed by atoms with Crippen LogP contribution in [-0.2, 0) is 11.0 Å². The van der Waals surface area contributed by atoms with Gasteiger partial charge in [-0.3, -0.25) is 15.0 Å². The van der Waals surface area contributed by atoms with Crippen molar-refractivity contribution < 1.29 is 22.8 Å². The van der Waals surface area contributed by atoms with Crippen LogP contribution < -0.4 is 15.5 Å². The summed E-state index contributed by atoms with van der Waals surface area (Å²) in [6.07, 6.45) is 1.26. The zero-order chi connectivity index (χ0) is 20.9. The third kappa shape index (κ3) is 6.31. The third-order valence-corrected chi connectivity index (χ3v) is 5.30. The van der Waals surface area contributed by atoms with E-state index in [0.717, 1.165) is 44.4 Å². The summed E-state index contributed by atoms with van der Waals surface area (Å²) in [5.41, 5.74) is -0.773. The first kappa shape index (κ1) is 21.4. The van der Waals surface area contributed by atoms with Gasteiger partial charge in [0.1, 0.15) is 5.82 Å². The zero-order valence-corrected chi connectivity index (χ0v) is 16.2. The van der Waals surface area contributed by atoms with Gasteiger partial charge in [-0.2, -0.15) is 13.2 Å². The van der Waals surface area contributed by atoms with Crippen LogP contribution in [0.2, 0.25) is 0 Å². The molecular formula is C19H26F3N5O2. The van der Waals surface area contributed by atoms with E-state index >= 15 is 0 Å². The Morgan fingerprint density at radius 1 is 1.07 bits per heavy atom. The van der Waals surface area contributed by atoms with Crippen molar-refractivity contribution in [1.82, 2.24) is 20.5 Å². The van der Waals surface area contributed by atoms with Gasteiger partial charge in [-0.05, 0) is 31.4 Å². The molecule has 3 amide bonds. The summed E-state index contributed by atoms with van der Waals surface area (Å²) in [6, 6.07) is 2.10. The number of urea groups is 1. The molecule has 0 unspecified atom stereocenters. The van der Waals surface area contributed by atoms with Crippen LogP contribution in [-0.4, -0.2) is 60.6 Å². The van der Waals surface area contributed by atoms with Gasteiger partial charge >= 0.3 is 12.2 Å². The van der Waals surface area contributed by atoms with Gasteiger partial charge in [0.2, 0.25) is 5.91 Å². The third-order valence-electron chi connectivity index (χ3n) is 5.30. The standard InChI is InChI=1S/C19H26F3N5O2/c20-19(21,22)14-6-7-16(23-12-14)27-9-3-8-26(10-11-27)13-17(28)25-18(29)24-15-4-1-2-5-15/h6-7,12,15H,1-5,8-11,13H2,(H2,24,25,28,29). The number of nitrogens with zero attached hydrogens (tertiary/aromatic N) is 3. The number of rotatable bonds is 4. The first-order chi connectivity index (χ1) is 13.8. The van der Waals surface area contributed by atoms with Crippen molar-refractivity contribution >= 4 is 17.8 Å². The number of imide groups is 1. The molecule has 29 heavy (non-hydrogen) atoms. The molecular weight excluding hydrogens is 387 g/mol. The van der Waals surface area contributed by atoms with Crippen LogP contribution in [0.5, 0.6) is 0 Å². The molecule has 0 atom stereocenters. The number of hydrogen-bond donors (Lipinski definition) is 2. The van der Waals surface area contributed by atoms with Crippen LogP contribution >= 0.6 is 0 Å². The average Bonchev–Trinajstić information content (AvgIpc) is 3.05. The molecule has 160 valence electrons. The predicted octanol–water partition coefficient (Wildman–Crippen LogP) is 2.38. The molecule has 0 bridgehead atoms. The van der Waals surface area contributed by atoms with E-state index in [1.807, 2.05) is 9.80 Å². The molecule has 2 N–H and O–H groups in total. The first-order valence-electron chi connectivity index (χ1n) is 9.92. The van der Waals surface area contributed by atoms with Gasteiger partial charge in [0.05, 0.1) is 12.1 Å². The van der Waals surface area contributed by atoms with Crippen molar-refractivity contribution in [2.24, 2.45) is 0 Å². The van der Waals surface area contributed by atoms with Crippen molar-refractivity contribution in [1.29, 1.82) is 0 Å². The number of nitrogens with one attached hydrogen (secondary N) is 2. The van der Waals surface area contributed by atoms with E-state index in [-0.39, 0.29) is 18.5 Å². The van der Waals surface area contributed by atoms with E-state index in [4.69, 9.17) is 0 Å². The van der Waals surface area contributed by atoms with Crippen LogP contribution in [0, 0.1) is 0 Å². The second-order valence-corrected chi connectivity index (χ2v) is 7.52. The lowest BCUT2D eigenvalue weighted by Gasteiger charge is -2.22. The Morgan fingerprint density at radius 2 is 1.83 bits per heavy atom. The Kier molecular flexibility index (Phi) is 6.94. The number of carbonyl (C=O) groups is 2. The minimum atomic E-state index is -4.40. The average molecular weight is 413 g/mol. The Balaban J connectivity index is 1.45. The number of anilines is 1. The van der Waals surface area contributed by atoms with E-state index < -0.39 is 17.8 Å². The smallest absolute Gasteiger partial charge is 0.355 e. The highest BCUT2D eigenvalue weighted by Gasteiger charge is 2.31. The van der Waals surface area contributed by atoms with Crippen molar-refractivity contribution in [3.63, 3.8) is 0 Å². The van der Waals surface area contributed by atoms with Crippen LogP contribution in [0.3, 0.4) is 0 Å². The van der Waals surface area contributed by atoms with Crippen LogP contribution in [0.4, 0.5) is 23.8 Å². The largest absolute Gasteiger partial charge is 0.417 e. The molecule has 7 nitrogen and oxygen atoms in total. The van der Waals surface area contributed by atoms with Gasteiger partial charge in [0.25, 0.3) is 0 Å². The van der Waals surface area contributed by atoms with Crippen LogP contribution in [0.1, 0.15) is 37.7 Å². The lowest BCUT2D eigenvalue weighted by atomic mass is 10.2. The molecule has 0 aromatic carbocycles. The first-order valence-corrected chi connectivity index (χ1v) is 9.92. The normalized spacial score (nSPS) is 19.1. The van der Waals surface area contributed by atoms with E-state index in [9.17, 15) is 22.8 Å². The summed E-state index contributed by atoms with van der Waals surface area (Å²) in [5.74, 6) is 0.127. The Morgan fingerprint density at radius 3 is 2.48 bits per heavy atom. The number of halogens is 3. The van der Waals surface area contributed by atoms with Crippen LogP contribution in [0.15, 0.2) is 18.3 Å².